The Kier molecular flexibility index (Phi) is 18.3. The Morgan fingerprint density at radius 1 is 0.674 bits per heavy atom. The van der Waals surface area contributed by atoms with Gasteiger partial charge in [0.2, 0.25) is 17.7 Å². The second-order valence-corrected chi connectivity index (χ2v) is 11.0. The summed E-state index contributed by atoms with van der Waals surface area (Å²) in [6.07, 6.45) is -12.6. The zero-order chi connectivity index (χ0) is 34.2. The number of amides is 3. The largest absolute Gasteiger partial charge is 0.394 e. The van der Waals surface area contributed by atoms with E-state index in [0.717, 1.165) is 12.8 Å². The van der Waals surface area contributed by atoms with Gasteiger partial charge in [-0.15, -0.1) is 0 Å². The number of aliphatic hydroxyl groups excluding tert-OH is 8. The number of ether oxygens (including phenoxy) is 4. The highest BCUT2D eigenvalue weighted by molar-refractivity contribution is 5.88. The number of carbonyl (C=O) groups is 3. The maximum absolute atomic E-state index is 12.9. The van der Waals surface area contributed by atoms with Crippen LogP contribution in [0.5, 0.6) is 0 Å². The van der Waals surface area contributed by atoms with E-state index in [-0.39, 0.29) is 45.6 Å². The number of hydrogen-bond acceptors (Lipinski definition) is 16. The molecule has 0 bridgehead atoms. The lowest BCUT2D eigenvalue weighted by atomic mass is 9.99. The Morgan fingerprint density at radius 3 is 1.70 bits per heavy atom. The first kappa shape index (κ1) is 40.1. The van der Waals surface area contributed by atoms with E-state index in [1.54, 1.807) is 0 Å². The number of nitrogens with one attached hydrogen (secondary N) is 3. The molecule has 0 aliphatic carbocycles. The second kappa shape index (κ2) is 21.0. The molecule has 2 heterocycles. The standard InChI is InChI=1S/C27H50N4O15/c28-7-3-1-2-4-18(35)31-14(25(42)30-9-11-44-27-24(41)22(39)20(37)16(13-33)46-27)5-6-17(34)29-8-10-43-26-23(40)21(38)19(36)15(12-32)45-26/h14-16,19-24,26-27,32-33,36-41H,1-13,28H2,(H,29,34)(H,30,42)(H,31,35)/t14-,15+,16+,19+,20+,21-,22-,23-,24-,26-,27-/m0/s1. The number of unbranched alkanes of at least 4 members (excludes halogenated alkanes) is 2. The van der Waals surface area contributed by atoms with Crippen LogP contribution in [0, 0.1) is 0 Å². The van der Waals surface area contributed by atoms with Crippen molar-refractivity contribution in [1.29, 1.82) is 0 Å². The molecule has 0 aromatic carbocycles. The summed E-state index contributed by atoms with van der Waals surface area (Å²) < 4.78 is 21.1. The normalized spacial score (nSPS) is 32.0. The van der Waals surface area contributed by atoms with Crippen molar-refractivity contribution in [3.8, 4) is 0 Å². The number of nitrogens with two attached hydrogens (primary N) is 1. The fraction of sp³-hybridized carbons (Fsp3) is 0.889. The molecule has 0 aromatic rings. The highest BCUT2D eigenvalue weighted by Crippen LogP contribution is 2.22. The molecule has 19 heteroatoms. The zero-order valence-corrected chi connectivity index (χ0v) is 25.6. The van der Waals surface area contributed by atoms with E-state index in [4.69, 9.17) is 24.7 Å². The second-order valence-electron chi connectivity index (χ2n) is 11.0. The van der Waals surface area contributed by atoms with Gasteiger partial charge in [0, 0.05) is 25.9 Å². The van der Waals surface area contributed by atoms with Crippen molar-refractivity contribution in [2.75, 3.05) is 46.1 Å². The molecular weight excluding hydrogens is 620 g/mol. The summed E-state index contributed by atoms with van der Waals surface area (Å²) in [4.78, 5) is 37.8. The molecule has 46 heavy (non-hydrogen) atoms. The highest BCUT2D eigenvalue weighted by Gasteiger charge is 2.45. The molecule has 2 rings (SSSR count). The first-order valence-electron chi connectivity index (χ1n) is 15.3. The number of rotatable bonds is 20. The van der Waals surface area contributed by atoms with Gasteiger partial charge in [-0.05, 0) is 25.8 Å². The van der Waals surface area contributed by atoms with Crippen LogP contribution in [0.2, 0.25) is 0 Å². The molecule has 2 aliphatic heterocycles. The highest BCUT2D eigenvalue weighted by atomic mass is 16.7. The Hall–Kier alpha value is -2.11. The minimum Gasteiger partial charge on any atom is -0.394 e. The molecule has 19 nitrogen and oxygen atoms in total. The van der Waals surface area contributed by atoms with Gasteiger partial charge >= 0.3 is 0 Å². The first-order chi connectivity index (χ1) is 21.9. The molecule has 0 saturated carbocycles. The summed E-state index contributed by atoms with van der Waals surface area (Å²) in [5.41, 5.74) is 5.47. The molecule has 0 radical (unpaired) electrons. The van der Waals surface area contributed by atoms with Crippen molar-refractivity contribution in [2.45, 2.75) is 106 Å². The van der Waals surface area contributed by atoms with Crippen LogP contribution >= 0.6 is 0 Å². The summed E-state index contributed by atoms with van der Waals surface area (Å²) in [5.74, 6) is -1.51. The van der Waals surface area contributed by atoms with E-state index in [9.17, 15) is 55.2 Å². The van der Waals surface area contributed by atoms with Crippen LogP contribution in [0.1, 0.15) is 38.5 Å². The lowest BCUT2D eigenvalue weighted by Gasteiger charge is -2.39. The summed E-state index contributed by atoms with van der Waals surface area (Å²) in [6, 6.07) is -1.09. The molecule has 3 amide bonds. The van der Waals surface area contributed by atoms with Crippen LogP contribution in [0.25, 0.3) is 0 Å². The predicted octanol–water partition coefficient (Wildman–Crippen LogP) is -6.36. The lowest BCUT2D eigenvalue weighted by Crippen LogP contribution is -2.59. The summed E-state index contributed by atoms with van der Waals surface area (Å²) in [6.45, 7) is -1.29. The minimum atomic E-state index is -1.62. The van der Waals surface area contributed by atoms with Crippen LogP contribution < -0.4 is 21.7 Å². The maximum atomic E-state index is 12.9. The smallest absolute Gasteiger partial charge is 0.242 e. The van der Waals surface area contributed by atoms with Gasteiger partial charge in [-0.3, -0.25) is 14.4 Å². The third-order valence-corrected chi connectivity index (χ3v) is 7.51. The zero-order valence-electron chi connectivity index (χ0n) is 25.6. The Balaban J connectivity index is 1.82. The average Bonchev–Trinajstić information content (AvgIpc) is 3.04. The molecule has 268 valence electrons. The summed E-state index contributed by atoms with van der Waals surface area (Å²) in [5, 5.41) is 85.7. The topological polar surface area (TPSA) is 312 Å². The van der Waals surface area contributed by atoms with E-state index in [0.29, 0.717) is 13.0 Å². The lowest BCUT2D eigenvalue weighted by molar-refractivity contribution is -0.300. The number of aliphatic hydroxyl groups is 8. The molecule has 0 aromatic heterocycles. The van der Waals surface area contributed by atoms with Gasteiger partial charge in [0.05, 0.1) is 26.4 Å². The van der Waals surface area contributed by atoms with Crippen molar-refractivity contribution in [3.05, 3.63) is 0 Å². The van der Waals surface area contributed by atoms with Crippen LogP contribution in [0.3, 0.4) is 0 Å². The van der Waals surface area contributed by atoms with Gasteiger partial charge in [-0.1, -0.05) is 6.42 Å². The third-order valence-electron chi connectivity index (χ3n) is 7.51. The van der Waals surface area contributed by atoms with Gasteiger partial charge in [0.1, 0.15) is 54.9 Å². The van der Waals surface area contributed by atoms with Crippen molar-refractivity contribution in [2.24, 2.45) is 5.73 Å². The quantitative estimate of drug-likeness (QED) is 0.0536. The molecule has 2 aliphatic rings. The van der Waals surface area contributed by atoms with Crippen molar-refractivity contribution in [1.82, 2.24) is 16.0 Å². The molecule has 2 saturated heterocycles. The first-order valence-corrected chi connectivity index (χ1v) is 15.3. The minimum absolute atomic E-state index is 0.0481. The predicted molar refractivity (Wildman–Crippen MR) is 154 cm³/mol. The van der Waals surface area contributed by atoms with Crippen molar-refractivity contribution in [3.63, 3.8) is 0 Å². The van der Waals surface area contributed by atoms with Gasteiger partial charge in [0.15, 0.2) is 12.6 Å². The molecule has 0 spiro atoms. The average molecular weight is 671 g/mol. The fourth-order valence-electron chi connectivity index (χ4n) is 4.75. The van der Waals surface area contributed by atoms with Crippen LogP contribution in [-0.2, 0) is 33.3 Å². The van der Waals surface area contributed by atoms with Crippen LogP contribution in [0.15, 0.2) is 0 Å². The SMILES string of the molecule is NCCCCCC(=O)N[C@@H](CCC(=O)NCCO[C@H]1O[C@H](CO)[C@@H](O)[C@H](O)[C@@H]1O)C(=O)NCCO[C@H]1O[C@H](CO)[C@@H](O)[C@H](O)[C@@H]1O. The van der Waals surface area contributed by atoms with Gasteiger partial charge in [-0.25, -0.2) is 0 Å². The van der Waals surface area contributed by atoms with Gasteiger partial charge < -0.3 is 81.5 Å². The molecule has 11 atom stereocenters. The third kappa shape index (κ3) is 12.5. The fourth-order valence-corrected chi connectivity index (χ4v) is 4.75. The van der Waals surface area contributed by atoms with E-state index >= 15 is 0 Å². The summed E-state index contributed by atoms with van der Waals surface area (Å²) in [7, 11) is 0. The van der Waals surface area contributed by atoms with Crippen LogP contribution in [0.4, 0.5) is 0 Å². The molecular formula is C27H50N4O15. The van der Waals surface area contributed by atoms with Crippen LogP contribution in [-0.4, -0.2) is 172 Å². The van der Waals surface area contributed by atoms with E-state index in [2.05, 4.69) is 16.0 Å². The van der Waals surface area contributed by atoms with Crippen molar-refractivity contribution < 1.29 is 74.2 Å². The van der Waals surface area contributed by atoms with E-state index < -0.39 is 98.4 Å². The Bertz CT molecular complexity index is 916. The van der Waals surface area contributed by atoms with Gasteiger partial charge in [-0.2, -0.15) is 0 Å². The molecule has 13 N–H and O–H groups in total. The van der Waals surface area contributed by atoms with E-state index in [1.807, 2.05) is 0 Å². The Morgan fingerprint density at radius 2 is 1.20 bits per heavy atom. The maximum Gasteiger partial charge on any atom is 0.242 e. The van der Waals surface area contributed by atoms with E-state index in [1.165, 1.54) is 0 Å². The molecule has 0 unspecified atom stereocenters. The Labute approximate surface area is 265 Å². The monoisotopic (exact) mass is 670 g/mol. The number of carbonyl (C=O) groups excluding carboxylic acids is 3. The number of hydrogen-bond donors (Lipinski definition) is 12. The van der Waals surface area contributed by atoms with Crippen molar-refractivity contribution >= 4 is 17.7 Å². The summed E-state index contributed by atoms with van der Waals surface area (Å²) >= 11 is 0. The van der Waals surface area contributed by atoms with Gasteiger partial charge in [0.25, 0.3) is 0 Å². The molecule has 2 fully saturated rings.